The van der Waals surface area contributed by atoms with Gasteiger partial charge in [0.25, 0.3) is 0 Å². The summed E-state index contributed by atoms with van der Waals surface area (Å²) in [5, 5.41) is 2.72. The average molecular weight is 380 g/mol. The van der Waals surface area contributed by atoms with Crippen LogP contribution in [0.15, 0.2) is 60.7 Å². The van der Waals surface area contributed by atoms with Crippen molar-refractivity contribution in [2.24, 2.45) is 0 Å². The van der Waals surface area contributed by atoms with Crippen LogP contribution in [0.25, 0.3) is 0 Å². The van der Waals surface area contributed by atoms with Crippen LogP contribution in [0.5, 0.6) is 0 Å². The Bertz CT molecular complexity index is 853. The molecule has 1 heterocycles. The minimum Gasteiger partial charge on any atom is -0.467 e. The molecule has 0 aromatic heterocycles. The van der Waals surface area contributed by atoms with Gasteiger partial charge < -0.3 is 15.0 Å². The Balaban J connectivity index is 1.89. The van der Waals surface area contributed by atoms with Crippen LogP contribution in [0.2, 0.25) is 0 Å². The number of benzene rings is 2. The average Bonchev–Trinajstić information content (AvgIpc) is 2.72. The molecule has 2 aromatic carbocycles. The summed E-state index contributed by atoms with van der Waals surface area (Å²) in [6.45, 7) is 1.91. The van der Waals surface area contributed by atoms with Crippen molar-refractivity contribution in [2.45, 2.75) is 37.9 Å². The number of nitrogens with zero attached hydrogens (tertiary/aromatic N) is 1. The van der Waals surface area contributed by atoms with Crippen LogP contribution in [0, 0.1) is 0 Å². The van der Waals surface area contributed by atoms with Gasteiger partial charge in [0.15, 0.2) is 0 Å². The van der Waals surface area contributed by atoms with Crippen molar-refractivity contribution in [1.82, 2.24) is 10.2 Å². The third-order valence-corrected chi connectivity index (χ3v) is 5.11. The summed E-state index contributed by atoms with van der Waals surface area (Å²) in [6.07, 6.45) is 0.487. The quantitative estimate of drug-likeness (QED) is 0.589. The van der Waals surface area contributed by atoms with E-state index < -0.39 is 17.6 Å². The summed E-state index contributed by atoms with van der Waals surface area (Å²) in [4.78, 5) is 39.1. The number of hydrogen-bond donors (Lipinski definition) is 1. The Morgan fingerprint density at radius 1 is 1.07 bits per heavy atom. The largest absolute Gasteiger partial charge is 0.467 e. The summed E-state index contributed by atoms with van der Waals surface area (Å²) in [6, 6.07) is 18.3. The van der Waals surface area contributed by atoms with Crippen LogP contribution in [0.4, 0.5) is 0 Å². The van der Waals surface area contributed by atoms with E-state index in [2.05, 4.69) is 5.32 Å². The fraction of sp³-hybridized carbons (Fsp3) is 0.318. The molecule has 146 valence electrons. The topological polar surface area (TPSA) is 75.7 Å². The smallest absolute Gasteiger partial charge is 0.328 e. The van der Waals surface area contributed by atoms with Gasteiger partial charge in [0.2, 0.25) is 11.8 Å². The van der Waals surface area contributed by atoms with E-state index in [0.29, 0.717) is 13.0 Å². The van der Waals surface area contributed by atoms with Gasteiger partial charge in [-0.05, 0) is 18.1 Å². The van der Waals surface area contributed by atoms with Crippen molar-refractivity contribution < 1.29 is 19.1 Å². The van der Waals surface area contributed by atoms with E-state index in [0.717, 1.165) is 11.1 Å². The number of amides is 2. The SMILES string of the molecule is COC(=O)[C@H](C)NC(=O)[C@@]1(Cc2ccccc2)CC(=O)N1Cc1ccccc1. The fourth-order valence-corrected chi connectivity index (χ4v) is 3.54. The Morgan fingerprint density at radius 3 is 2.18 bits per heavy atom. The third kappa shape index (κ3) is 3.91. The Kier molecular flexibility index (Phi) is 5.78. The molecule has 1 saturated heterocycles. The molecule has 28 heavy (non-hydrogen) atoms. The predicted octanol–water partition coefficient (Wildman–Crippen LogP) is 2.08. The summed E-state index contributed by atoms with van der Waals surface area (Å²) in [5.74, 6) is -0.950. The molecule has 1 fully saturated rings. The van der Waals surface area contributed by atoms with E-state index >= 15 is 0 Å². The highest BCUT2D eigenvalue weighted by Gasteiger charge is 2.56. The number of rotatable bonds is 7. The molecule has 0 spiro atoms. The van der Waals surface area contributed by atoms with Gasteiger partial charge in [0, 0.05) is 13.0 Å². The number of ether oxygens (including phenoxy) is 1. The molecular weight excluding hydrogens is 356 g/mol. The van der Waals surface area contributed by atoms with Gasteiger partial charge in [-0.3, -0.25) is 9.59 Å². The first-order valence-corrected chi connectivity index (χ1v) is 9.23. The van der Waals surface area contributed by atoms with E-state index in [1.54, 1.807) is 11.8 Å². The van der Waals surface area contributed by atoms with Crippen LogP contribution < -0.4 is 5.32 Å². The zero-order valence-corrected chi connectivity index (χ0v) is 16.1. The molecule has 2 atom stereocenters. The molecule has 6 heteroatoms. The maximum atomic E-state index is 13.2. The van der Waals surface area contributed by atoms with Crippen molar-refractivity contribution in [1.29, 1.82) is 0 Å². The number of esters is 1. The van der Waals surface area contributed by atoms with Crippen molar-refractivity contribution in [2.75, 3.05) is 7.11 Å². The lowest BCUT2D eigenvalue weighted by Crippen LogP contribution is -2.71. The highest BCUT2D eigenvalue weighted by molar-refractivity contribution is 6.02. The summed E-state index contributed by atoms with van der Waals surface area (Å²) in [7, 11) is 1.28. The van der Waals surface area contributed by atoms with E-state index in [1.807, 2.05) is 60.7 Å². The van der Waals surface area contributed by atoms with E-state index in [9.17, 15) is 14.4 Å². The first-order valence-electron chi connectivity index (χ1n) is 9.23. The van der Waals surface area contributed by atoms with E-state index in [1.165, 1.54) is 7.11 Å². The lowest BCUT2D eigenvalue weighted by atomic mass is 9.77. The van der Waals surface area contributed by atoms with Gasteiger partial charge in [-0.2, -0.15) is 0 Å². The van der Waals surface area contributed by atoms with Crippen molar-refractivity contribution in [3.05, 3.63) is 71.8 Å². The van der Waals surface area contributed by atoms with Crippen molar-refractivity contribution in [3.8, 4) is 0 Å². The normalized spacial score (nSPS) is 19.5. The molecule has 1 N–H and O–H groups in total. The van der Waals surface area contributed by atoms with Gasteiger partial charge in [-0.15, -0.1) is 0 Å². The van der Waals surface area contributed by atoms with Gasteiger partial charge in [0.05, 0.1) is 13.5 Å². The molecule has 1 aliphatic heterocycles. The molecule has 0 aliphatic carbocycles. The fourth-order valence-electron chi connectivity index (χ4n) is 3.54. The zero-order chi connectivity index (χ0) is 20.1. The molecule has 6 nitrogen and oxygen atoms in total. The first-order chi connectivity index (χ1) is 13.5. The van der Waals surface area contributed by atoms with Crippen LogP contribution in [-0.4, -0.2) is 41.4 Å². The number of carbonyl (C=O) groups excluding carboxylic acids is 3. The number of carbonyl (C=O) groups is 3. The molecule has 0 unspecified atom stereocenters. The molecular formula is C22H24N2O4. The molecule has 3 rings (SSSR count). The van der Waals surface area contributed by atoms with Crippen molar-refractivity contribution in [3.63, 3.8) is 0 Å². The second-order valence-corrected chi connectivity index (χ2v) is 7.05. The van der Waals surface area contributed by atoms with Gasteiger partial charge in [-0.1, -0.05) is 60.7 Å². The minimum atomic E-state index is -1.03. The number of β-lactam (4-membered cyclic amide) rings is 1. The second-order valence-electron chi connectivity index (χ2n) is 7.05. The van der Waals surface area contributed by atoms with E-state index in [4.69, 9.17) is 4.74 Å². The standard InChI is InChI=1S/C22H24N2O4/c1-16(20(26)28-2)23-21(27)22(13-17-9-5-3-6-10-17)14-19(25)24(22)15-18-11-7-4-8-12-18/h3-12,16H,13-15H2,1-2H3,(H,23,27)/t16-,22+/m0/s1. The minimum absolute atomic E-state index is 0.0827. The highest BCUT2D eigenvalue weighted by Crippen LogP contribution is 2.37. The Hall–Kier alpha value is -3.15. The molecule has 0 bridgehead atoms. The second kappa shape index (κ2) is 8.25. The predicted molar refractivity (Wildman–Crippen MR) is 104 cm³/mol. The Labute approximate surface area is 164 Å². The maximum absolute atomic E-state index is 13.2. The lowest BCUT2D eigenvalue weighted by Gasteiger charge is -2.51. The molecule has 0 radical (unpaired) electrons. The van der Waals surface area contributed by atoms with Gasteiger partial charge in [-0.25, -0.2) is 4.79 Å². The molecule has 2 amide bonds. The number of hydrogen-bond acceptors (Lipinski definition) is 4. The highest BCUT2D eigenvalue weighted by atomic mass is 16.5. The molecule has 2 aromatic rings. The number of nitrogens with one attached hydrogen (secondary N) is 1. The van der Waals surface area contributed by atoms with Crippen LogP contribution >= 0.6 is 0 Å². The van der Waals surface area contributed by atoms with Gasteiger partial charge in [0.1, 0.15) is 11.6 Å². The van der Waals surface area contributed by atoms with Crippen LogP contribution in [0.1, 0.15) is 24.5 Å². The van der Waals surface area contributed by atoms with Gasteiger partial charge >= 0.3 is 5.97 Å². The number of methoxy groups -OCH3 is 1. The van der Waals surface area contributed by atoms with Crippen molar-refractivity contribution >= 4 is 17.8 Å². The van der Waals surface area contributed by atoms with E-state index in [-0.39, 0.29) is 18.2 Å². The Morgan fingerprint density at radius 2 is 1.64 bits per heavy atom. The third-order valence-electron chi connectivity index (χ3n) is 5.11. The molecule has 1 aliphatic rings. The van der Waals surface area contributed by atoms with Crippen LogP contribution in [-0.2, 0) is 32.1 Å². The zero-order valence-electron chi connectivity index (χ0n) is 16.1. The summed E-state index contributed by atoms with van der Waals surface area (Å²) in [5.41, 5.74) is 0.868. The lowest BCUT2D eigenvalue weighted by molar-refractivity contribution is -0.168. The number of likely N-dealkylation sites (tertiary alicyclic amines) is 1. The van der Waals surface area contributed by atoms with Crippen LogP contribution in [0.3, 0.4) is 0 Å². The first kappa shape index (κ1) is 19.6. The molecule has 0 saturated carbocycles. The monoisotopic (exact) mass is 380 g/mol. The summed E-state index contributed by atoms with van der Waals surface area (Å²) >= 11 is 0. The maximum Gasteiger partial charge on any atom is 0.328 e. The summed E-state index contributed by atoms with van der Waals surface area (Å²) < 4.78 is 4.70.